The molecule has 5 nitrogen and oxygen atoms in total. The van der Waals surface area contributed by atoms with Crippen molar-refractivity contribution in [1.82, 2.24) is 15.1 Å². The highest BCUT2D eigenvalue weighted by Crippen LogP contribution is 2.19. The lowest BCUT2D eigenvalue weighted by molar-refractivity contribution is 0.0717. The van der Waals surface area contributed by atoms with E-state index in [9.17, 15) is 9.90 Å². The minimum atomic E-state index is -0.412. The van der Waals surface area contributed by atoms with Crippen LogP contribution in [0.5, 0.6) is 0 Å². The zero-order valence-electron chi connectivity index (χ0n) is 10.3. The molecule has 94 valence electrons. The summed E-state index contributed by atoms with van der Waals surface area (Å²) in [4.78, 5) is 12.0. The van der Waals surface area contributed by atoms with Crippen molar-refractivity contribution in [3.63, 3.8) is 0 Å². The molecule has 1 fully saturated rings. The van der Waals surface area contributed by atoms with Crippen LogP contribution in [0.2, 0.25) is 0 Å². The second kappa shape index (κ2) is 4.87. The van der Waals surface area contributed by atoms with E-state index in [-0.39, 0.29) is 11.9 Å². The highest BCUT2D eigenvalue weighted by Gasteiger charge is 2.25. The van der Waals surface area contributed by atoms with E-state index in [4.69, 9.17) is 0 Å². The van der Waals surface area contributed by atoms with E-state index in [1.165, 1.54) is 0 Å². The van der Waals surface area contributed by atoms with Crippen LogP contribution >= 0.6 is 0 Å². The molecule has 0 aliphatic heterocycles. The molecule has 1 heterocycles. The van der Waals surface area contributed by atoms with E-state index in [1.807, 2.05) is 6.92 Å². The zero-order valence-corrected chi connectivity index (χ0v) is 10.3. The normalized spacial score (nSPS) is 24.6. The van der Waals surface area contributed by atoms with Gasteiger partial charge in [0.15, 0.2) is 0 Å². The SMILES string of the molecule is Cc1nn(C)cc1C(=O)NC1CCCCC1O. The van der Waals surface area contributed by atoms with Gasteiger partial charge in [-0.05, 0) is 19.8 Å². The first kappa shape index (κ1) is 12.1. The maximum atomic E-state index is 12.0. The van der Waals surface area contributed by atoms with Crippen LogP contribution in [-0.2, 0) is 7.05 Å². The number of aryl methyl sites for hydroxylation is 2. The summed E-state index contributed by atoms with van der Waals surface area (Å²) in [6.07, 6.45) is 5.03. The van der Waals surface area contributed by atoms with Crippen molar-refractivity contribution >= 4 is 5.91 Å². The number of aromatic nitrogens is 2. The summed E-state index contributed by atoms with van der Waals surface area (Å²) in [5.74, 6) is -0.137. The molecular weight excluding hydrogens is 218 g/mol. The average molecular weight is 237 g/mol. The van der Waals surface area contributed by atoms with Crippen molar-refractivity contribution in [3.8, 4) is 0 Å². The molecule has 2 atom stereocenters. The van der Waals surface area contributed by atoms with E-state index in [0.717, 1.165) is 31.4 Å². The molecule has 1 aliphatic carbocycles. The molecule has 0 aromatic carbocycles. The fourth-order valence-electron chi connectivity index (χ4n) is 2.35. The second-order valence-electron chi connectivity index (χ2n) is 4.73. The summed E-state index contributed by atoms with van der Waals surface area (Å²) in [6, 6.07) is -0.115. The molecule has 0 radical (unpaired) electrons. The summed E-state index contributed by atoms with van der Waals surface area (Å²) in [5.41, 5.74) is 1.31. The molecule has 1 saturated carbocycles. The quantitative estimate of drug-likeness (QED) is 0.798. The standard InChI is InChI=1S/C12H19N3O2/c1-8-9(7-15(2)14-8)12(17)13-10-5-3-4-6-11(10)16/h7,10-11,16H,3-6H2,1-2H3,(H,13,17). The first-order valence-corrected chi connectivity index (χ1v) is 6.07. The van der Waals surface area contributed by atoms with Crippen LogP contribution in [0.15, 0.2) is 6.20 Å². The molecule has 2 N–H and O–H groups in total. The Kier molecular flexibility index (Phi) is 3.47. The Balaban J connectivity index is 2.03. The number of hydrogen-bond donors (Lipinski definition) is 2. The molecule has 1 aromatic rings. The molecule has 2 unspecified atom stereocenters. The van der Waals surface area contributed by atoms with E-state index in [2.05, 4.69) is 10.4 Å². The van der Waals surface area contributed by atoms with Crippen LogP contribution in [-0.4, -0.2) is 32.9 Å². The monoisotopic (exact) mass is 237 g/mol. The minimum Gasteiger partial charge on any atom is -0.391 e. The number of amides is 1. The molecule has 0 saturated heterocycles. The largest absolute Gasteiger partial charge is 0.391 e. The van der Waals surface area contributed by atoms with Crippen molar-refractivity contribution in [3.05, 3.63) is 17.5 Å². The number of aliphatic hydroxyl groups excluding tert-OH is 1. The smallest absolute Gasteiger partial charge is 0.255 e. The molecular formula is C12H19N3O2. The van der Waals surface area contributed by atoms with E-state index in [1.54, 1.807) is 17.9 Å². The molecule has 0 bridgehead atoms. The van der Waals surface area contributed by atoms with Gasteiger partial charge >= 0.3 is 0 Å². The number of rotatable bonds is 2. The van der Waals surface area contributed by atoms with Gasteiger partial charge in [-0.3, -0.25) is 9.48 Å². The summed E-state index contributed by atoms with van der Waals surface area (Å²) in [5, 5.41) is 16.8. The van der Waals surface area contributed by atoms with Crippen LogP contribution in [0.1, 0.15) is 41.7 Å². The number of nitrogens with one attached hydrogen (secondary N) is 1. The van der Waals surface area contributed by atoms with Crippen molar-refractivity contribution < 1.29 is 9.90 Å². The Labute approximate surface area is 101 Å². The molecule has 1 amide bonds. The Bertz CT molecular complexity index is 414. The Morgan fingerprint density at radius 2 is 2.24 bits per heavy atom. The van der Waals surface area contributed by atoms with Crippen LogP contribution < -0.4 is 5.32 Å². The van der Waals surface area contributed by atoms with Gasteiger partial charge in [-0.2, -0.15) is 5.10 Å². The first-order chi connectivity index (χ1) is 8.08. The highest BCUT2D eigenvalue weighted by molar-refractivity contribution is 5.95. The number of nitrogens with zero attached hydrogens (tertiary/aromatic N) is 2. The molecule has 1 aliphatic rings. The lowest BCUT2D eigenvalue weighted by Gasteiger charge is -2.28. The Morgan fingerprint density at radius 1 is 1.53 bits per heavy atom. The van der Waals surface area contributed by atoms with Gasteiger partial charge in [0, 0.05) is 13.2 Å². The summed E-state index contributed by atoms with van der Waals surface area (Å²) < 4.78 is 1.63. The lowest BCUT2D eigenvalue weighted by atomic mass is 9.92. The Morgan fingerprint density at radius 3 is 2.82 bits per heavy atom. The van der Waals surface area contributed by atoms with Gasteiger partial charge in [0.25, 0.3) is 5.91 Å². The summed E-state index contributed by atoms with van der Waals surface area (Å²) >= 11 is 0. The third kappa shape index (κ3) is 2.66. The van der Waals surface area contributed by atoms with Gasteiger partial charge in [-0.25, -0.2) is 0 Å². The molecule has 0 spiro atoms. The molecule has 2 rings (SSSR count). The molecule has 5 heteroatoms. The van der Waals surface area contributed by atoms with Crippen LogP contribution in [0, 0.1) is 6.92 Å². The predicted molar refractivity (Wildman–Crippen MR) is 63.7 cm³/mol. The zero-order chi connectivity index (χ0) is 12.4. The van der Waals surface area contributed by atoms with Gasteiger partial charge in [-0.15, -0.1) is 0 Å². The van der Waals surface area contributed by atoms with E-state index >= 15 is 0 Å². The third-order valence-corrected chi connectivity index (χ3v) is 3.30. The van der Waals surface area contributed by atoms with Gasteiger partial charge in [0.2, 0.25) is 0 Å². The van der Waals surface area contributed by atoms with Gasteiger partial charge < -0.3 is 10.4 Å². The summed E-state index contributed by atoms with van der Waals surface area (Å²) in [7, 11) is 1.79. The minimum absolute atomic E-state index is 0.115. The van der Waals surface area contributed by atoms with Crippen LogP contribution in [0.4, 0.5) is 0 Å². The average Bonchev–Trinajstić information content (AvgIpc) is 2.61. The number of aliphatic hydroxyl groups is 1. The summed E-state index contributed by atoms with van der Waals surface area (Å²) in [6.45, 7) is 1.81. The van der Waals surface area contributed by atoms with Crippen molar-refractivity contribution in [2.24, 2.45) is 7.05 Å². The van der Waals surface area contributed by atoms with Gasteiger partial charge in [0.1, 0.15) is 0 Å². The van der Waals surface area contributed by atoms with E-state index in [0.29, 0.717) is 5.56 Å². The number of carbonyl (C=O) groups is 1. The van der Waals surface area contributed by atoms with Crippen molar-refractivity contribution in [2.45, 2.75) is 44.8 Å². The predicted octanol–water partition coefficient (Wildman–Crippen LogP) is 0.762. The number of carbonyl (C=O) groups excluding carboxylic acids is 1. The highest BCUT2D eigenvalue weighted by atomic mass is 16.3. The lowest BCUT2D eigenvalue weighted by Crippen LogP contribution is -2.45. The van der Waals surface area contributed by atoms with Crippen molar-refractivity contribution in [2.75, 3.05) is 0 Å². The van der Waals surface area contributed by atoms with Crippen molar-refractivity contribution in [1.29, 1.82) is 0 Å². The molecule has 17 heavy (non-hydrogen) atoms. The Hall–Kier alpha value is -1.36. The van der Waals surface area contributed by atoms with Crippen LogP contribution in [0.3, 0.4) is 0 Å². The molecule has 1 aromatic heterocycles. The topological polar surface area (TPSA) is 67.2 Å². The first-order valence-electron chi connectivity index (χ1n) is 6.07. The fraction of sp³-hybridized carbons (Fsp3) is 0.667. The van der Waals surface area contributed by atoms with Gasteiger partial charge in [-0.1, -0.05) is 12.8 Å². The maximum absolute atomic E-state index is 12.0. The fourth-order valence-corrected chi connectivity index (χ4v) is 2.35. The van der Waals surface area contributed by atoms with E-state index < -0.39 is 6.10 Å². The van der Waals surface area contributed by atoms with Gasteiger partial charge in [0.05, 0.1) is 23.4 Å². The number of hydrogen-bond acceptors (Lipinski definition) is 3. The second-order valence-corrected chi connectivity index (χ2v) is 4.73. The van der Waals surface area contributed by atoms with Crippen LogP contribution in [0.25, 0.3) is 0 Å². The maximum Gasteiger partial charge on any atom is 0.255 e. The third-order valence-electron chi connectivity index (χ3n) is 3.30.